The number of rotatable bonds is 6. The van der Waals surface area contributed by atoms with Crippen LogP contribution in [0.4, 0.5) is 0 Å². The molecular weight excluding hydrogens is 250 g/mol. The molecule has 3 heteroatoms. The van der Waals surface area contributed by atoms with Crippen LogP contribution in [-0.4, -0.2) is 6.04 Å². The molecule has 2 aromatic rings. The van der Waals surface area contributed by atoms with Crippen LogP contribution < -0.4 is 10.1 Å². The molecule has 0 saturated heterocycles. The zero-order valence-electron chi connectivity index (χ0n) is 12.1. The quantitative estimate of drug-likeness (QED) is 0.869. The predicted octanol–water partition coefficient (Wildman–Crippen LogP) is 3.73. The SMILES string of the molecule is Cc1ccc(OCc2cc(C)c(CNC3CC3)o2)cc1. The van der Waals surface area contributed by atoms with E-state index >= 15 is 0 Å². The summed E-state index contributed by atoms with van der Waals surface area (Å²) >= 11 is 0. The molecule has 0 spiro atoms. The maximum absolute atomic E-state index is 5.85. The van der Waals surface area contributed by atoms with Crippen LogP contribution in [0.5, 0.6) is 5.75 Å². The lowest BCUT2D eigenvalue weighted by Gasteiger charge is -2.04. The van der Waals surface area contributed by atoms with Crippen LogP contribution in [0.2, 0.25) is 0 Å². The molecule has 0 aliphatic heterocycles. The Balaban J connectivity index is 1.56. The lowest BCUT2D eigenvalue weighted by Crippen LogP contribution is -2.15. The van der Waals surface area contributed by atoms with Gasteiger partial charge in [0.2, 0.25) is 0 Å². The summed E-state index contributed by atoms with van der Waals surface area (Å²) in [6, 6.07) is 10.8. The van der Waals surface area contributed by atoms with Crippen LogP contribution in [0.25, 0.3) is 0 Å². The first kappa shape index (κ1) is 13.3. The van der Waals surface area contributed by atoms with Gasteiger partial charge in [0.15, 0.2) is 0 Å². The van der Waals surface area contributed by atoms with Gasteiger partial charge in [-0.05, 0) is 50.5 Å². The van der Waals surface area contributed by atoms with Crippen molar-refractivity contribution in [2.24, 2.45) is 0 Å². The molecule has 3 nitrogen and oxygen atoms in total. The summed E-state index contributed by atoms with van der Waals surface area (Å²) in [5, 5.41) is 3.47. The van der Waals surface area contributed by atoms with Crippen LogP contribution in [-0.2, 0) is 13.2 Å². The maximum Gasteiger partial charge on any atom is 0.146 e. The largest absolute Gasteiger partial charge is 0.486 e. The van der Waals surface area contributed by atoms with Gasteiger partial charge in [-0.15, -0.1) is 0 Å². The molecule has 1 N–H and O–H groups in total. The standard InChI is InChI=1S/C17H21NO2/c1-12-3-7-15(8-4-12)19-11-16-9-13(2)17(20-16)10-18-14-5-6-14/h3-4,7-9,14,18H,5-6,10-11H2,1-2H3. The van der Waals surface area contributed by atoms with Crippen molar-refractivity contribution in [1.82, 2.24) is 5.32 Å². The van der Waals surface area contributed by atoms with E-state index in [0.717, 1.165) is 23.8 Å². The smallest absolute Gasteiger partial charge is 0.146 e. The third-order valence-electron chi connectivity index (χ3n) is 3.60. The topological polar surface area (TPSA) is 34.4 Å². The van der Waals surface area contributed by atoms with Crippen molar-refractivity contribution in [3.05, 3.63) is 53.0 Å². The Morgan fingerprint density at radius 1 is 1.20 bits per heavy atom. The minimum Gasteiger partial charge on any atom is -0.486 e. The molecule has 0 bridgehead atoms. The third-order valence-corrected chi connectivity index (χ3v) is 3.60. The van der Waals surface area contributed by atoms with Gasteiger partial charge < -0.3 is 14.5 Å². The molecule has 1 aliphatic carbocycles. The molecule has 1 saturated carbocycles. The summed E-state index contributed by atoms with van der Waals surface area (Å²) in [6.45, 7) is 5.45. The van der Waals surface area contributed by atoms with E-state index in [1.54, 1.807) is 0 Å². The first-order valence-corrected chi connectivity index (χ1v) is 7.22. The average Bonchev–Trinajstić information content (AvgIpc) is 3.20. The summed E-state index contributed by atoms with van der Waals surface area (Å²) in [4.78, 5) is 0. The van der Waals surface area contributed by atoms with E-state index in [1.807, 2.05) is 24.3 Å². The lowest BCUT2D eigenvalue weighted by atomic mass is 10.2. The number of nitrogens with one attached hydrogen (secondary N) is 1. The molecule has 3 rings (SSSR count). The highest BCUT2D eigenvalue weighted by Crippen LogP contribution is 2.22. The second kappa shape index (κ2) is 5.71. The van der Waals surface area contributed by atoms with E-state index in [9.17, 15) is 0 Å². The van der Waals surface area contributed by atoms with Gasteiger partial charge in [0.05, 0.1) is 6.54 Å². The minimum absolute atomic E-state index is 0.479. The molecule has 1 aromatic carbocycles. The van der Waals surface area contributed by atoms with Crippen LogP contribution >= 0.6 is 0 Å². The maximum atomic E-state index is 5.85. The molecule has 0 amide bonds. The first-order valence-electron chi connectivity index (χ1n) is 7.22. The highest BCUT2D eigenvalue weighted by Gasteiger charge is 2.21. The molecule has 0 atom stereocenters. The van der Waals surface area contributed by atoms with Crippen molar-refractivity contribution in [1.29, 1.82) is 0 Å². The van der Waals surface area contributed by atoms with Crippen molar-refractivity contribution in [3.63, 3.8) is 0 Å². The van der Waals surface area contributed by atoms with E-state index in [2.05, 4.69) is 25.2 Å². The Bertz CT molecular complexity index is 567. The van der Waals surface area contributed by atoms with Crippen LogP contribution in [0.1, 0.15) is 35.5 Å². The minimum atomic E-state index is 0.479. The van der Waals surface area contributed by atoms with Gasteiger partial charge >= 0.3 is 0 Å². The first-order chi connectivity index (χ1) is 9.70. The summed E-state index contributed by atoms with van der Waals surface area (Å²) in [5.41, 5.74) is 2.43. The fraction of sp³-hybridized carbons (Fsp3) is 0.412. The number of hydrogen-bond acceptors (Lipinski definition) is 3. The van der Waals surface area contributed by atoms with Crippen molar-refractivity contribution >= 4 is 0 Å². The number of furan rings is 1. The van der Waals surface area contributed by atoms with Gasteiger partial charge in [-0.25, -0.2) is 0 Å². The molecule has 1 heterocycles. The Hall–Kier alpha value is -1.74. The predicted molar refractivity (Wildman–Crippen MR) is 78.8 cm³/mol. The van der Waals surface area contributed by atoms with Crippen LogP contribution in [0, 0.1) is 13.8 Å². The zero-order chi connectivity index (χ0) is 13.9. The summed E-state index contributed by atoms with van der Waals surface area (Å²) < 4.78 is 11.6. The molecule has 0 unspecified atom stereocenters. The third kappa shape index (κ3) is 3.42. The lowest BCUT2D eigenvalue weighted by molar-refractivity contribution is 0.265. The Morgan fingerprint density at radius 2 is 1.95 bits per heavy atom. The van der Waals surface area contributed by atoms with Gasteiger partial charge in [0, 0.05) is 6.04 Å². The number of benzene rings is 1. The molecule has 1 aliphatic rings. The molecule has 20 heavy (non-hydrogen) atoms. The summed E-state index contributed by atoms with van der Waals surface area (Å²) in [7, 11) is 0. The van der Waals surface area contributed by atoms with Crippen molar-refractivity contribution in [2.75, 3.05) is 0 Å². The molecule has 106 valence electrons. The Morgan fingerprint density at radius 3 is 2.65 bits per heavy atom. The number of aryl methyl sites for hydroxylation is 2. The summed E-state index contributed by atoms with van der Waals surface area (Å²) in [6.07, 6.45) is 2.59. The second-order valence-electron chi connectivity index (χ2n) is 5.58. The monoisotopic (exact) mass is 271 g/mol. The van der Waals surface area contributed by atoms with Gasteiger partial charge in [0.1, 0.15) is 23.9 Å². The second-order valence-corrected chi connectivity index (χ2v) is 5.58. The molecular formula is C17H21NO2. The van der Waals surface area contributed by atoms with Gasteiger partial charge in [0.25, 0.3) is 0 Å². The highest BCUT2D eigenvalue weighted by atomic mass is 16.5. The number of hydrogen-bond donors (Lipinski definition) is 1. The normalized spacial score (nSPS) is 14.5. The van der Waals surface area contributed by atoms with Crippen molar-refractivity contribution < 1.29 is 9.15 Å². The van der Waals surface area contributed by atoms with Gasteiger partial charge in [-0.2, -0.15) is 0 Å². The fourth-order valence-corrected chi connectivity index (χ4v) is 2.15. The highest BCUT2D eigenvalue weighted by molar-refractivity contribution is 5.27. The molecule has 0 radical (unpaired) electrons. The van der Waals surface area contributed by atoms with Crippen molar-refractivity contribution in [2.45, 2.75) is 45.9 Å². The average molecular weight is 271 g/mol. The fourth-order valence-electron chi connectivity index (χ4n) is 2.15. The van der Waals surface area contributed by atoms with E-state index in [-0.39, 0.29) is 0 Å². The van der Waals surface area contributed by atoms with Gasteiger partial charge in [-0.1, -0.05) is 17.7 Å². The zero-order valence-corrected chi connectivity index (χ0v) is 12.1. The van der Waals surface area contributed by atoms with Crippen molar-refractivity contribution in [3.8, 4) is 5.75 Å². The van der Waals surface area contributed by atoms with Crippen LogP contribution in [0.3, 0.4) is 0 Å². The molecule has 1 aromatic heterocycles. The number of ether oxygens (including phenoxy) is 1. The Kier molecular flexibility index (Phi) is 3.79. The Labute approximate surface area is 119 Å². The van der Waals surface area contributed by atoms with Crippen LogP contribution in [0.15, 0.2) is 34.7 Å². The van der Waals surface area contributed by atoms with Gasteiger partial charge in [-0.3, -0.25) is 0 Å². The summed E-state index contributed by atoms with van der Waals surface area (Å²) in [5.74, 6) is 2.79. The van der Waals surface area contributed by atoms with E-state index in [4.69, 9.17) is 9.15 Å². The van der Waals surface area contributed by atoms with E-state index < -0.39 is 0 Å². The van der Waals surface area contributed by atoms with E-state index in [1.165, 1.54) is 24.0 Å². The molecule has 1 fully saturated rings. The van der Waals surface area contributed by atoms with E-state index in [0.29, 0.717) is 12.6 Å².